The van der Waals surface area contributed by atoms with E-state index in [0.717, 1.165) is 33.4 Å². The lowest BCUT2D eigenvalue weighted by molar-refractivity contribution is -0.344. The molecule has 0 radical (unpaired) electrons. The number of amides is 2. The third-order valence-electron chi connectivity index (χ3n) is 15.4. The number of hydrogen-bond acceptors (Lipinski definition) is 15. The number of nitrogens with zero attached hydrogens (tertiary/aromatic N) is 1. The lowest BCUT2D eigenvalue weighted by Gasteiger charge is -2.49. The second-order valence-corrected chi connectivity index (χ2v) is 21.4. The molecule has 0 aliphatic carbocycles. The summed E-state index contributed by atoms with van der Waals surface area (Å²) >= 11 is 0. The summed E-state index contributed by atoms with van der Waals surface area (Å²) in [5.41, 5.74) is 5.92. The number of ether oxygens (including phenoxy) is 12. The summed E-state index contributed by atoms with van der Waals surface area (Å²) < 4.78 is 80.3. The molecule has 7 aromatic rings. The smallest absolute Gasteiger partial charge is 0.305 e. The van der Waals surface area contributed by atoms with Gasteiger partial charge in [-0.1, -0.05) is 182 Å². The molecule has 450 valence electrons. The second kappa shape index (κ2) is 31.8. The molecule has 2 fully saturated rings. The highest BCUT2D eigenvalue weighted by atomic mass is 16.7. The molecule has 16 nitrogen and oxygen atoms in total. The number of hydrogen-bond donors (Lipinski definition) is 0. The number of rotatable bonds is 31. The van der Waals surface area contributed by atoms with E-state index in [-0.39, 0.29) is 76.4 Å². The van der Waals surface area contributed by atoms with Crippen molar-refractivity contribution >= 4 is 17.8 Å². The molecule has 2 amide bonds. The highest BCUT2D eigenvalue weighted by molar-refractivity contribution is 6.21. The Morgan fingerprint density at radius 3 is 1.33 bits per heavy atom. The standard InChI is InChI=1S/C70H75NO15/c1-75-55-38-36-54(37-39-55)46-79-62-59(85-69(78-40-22-8-19-35-60(72)76-2)61(64(62)81-43-51-27-13-5-14-28-51)71-67(73)56-33-20-21-34-57(56)68(71)74)48-84-70-66(83-45-53-31-17-7-18-32-53)65(82-44-52-29-15-6-16-30-52)63(80-42-50-25-11-4-12-26-50)58(86-70)47-77-41-49-23-9-3-10-24-49/h3-7,9-18,20-21,23-34,36-39,58-59,61-66,69-70H,8,19,22,35,40-48H2,1-2H3/t58-,59-,61-,62-,63-,64-,65+,66-,69-,70?/m1/s1. The summed E-state index contributed by atoms with van der Waals surface area (Å²) in [6.45, 7) is 1.06. The Hall–Kier alpha value is -7.45. The third kappa shape index (κ3) is 16.5. The fourth-order valence-corrected chi connectivity index (χ4v) is 10.9. The molecule has 1 unspecified atom stereocenters. The molecule has 0 saturated carbocycles. The van der Waals surface area contributed by atoms with Gasteiger partial charge in [-0.25, -0.2) is 0 Å². The fourth-order valence-electron chi connectivity index (χ4n) is 10.9. The highest BCUT2D eigenvalue weighted by Gasteiger charge is 2.56. The lowest BCUT2D eigenvalue weighted by atomic mass is 9.94. The van der Waals surface area contributed by atoms with Crippen LogP contribution in [0, 0.1) is 0 Å². The number of fused-ring (bicyclic) bond motifs is 1. The largest absolute Gasteiger partial charge is 0.497 e. The van der Waals surface area contributed by atoms with E-state index in [9.17, 15) is 14.4 Å². The number of imide groups is 1. The SMILES string of the molecule is COC(=O)CCCCCO[C@@H]1O[C@H](COC2O[C@H](COCc3ccccc3)[C@@H](OCc3ccccc3)[C@H](OCc3ccccc3)[C@H]2OCc2ccccc2)[C@@H](OCc2ccc(OC)cc2)[C@H](OCc2ccccc2)[C@H]1N1C(=O)c2ccccc2C1=O. The predicted octanol–water partition coefficient (Wildman–Crippen LogP) is 11.0. The lowest BCUT2D eigenvalue weighted by Crippen LogP contribution is -2.67. The van der Waals surface area contributed by atoms with Gasteiger partial charge in [0.1, 0.15) is 54.5 Å². The van der Waals surface area contributed by atoms with E-state index in [0.29, 0.717) is 31.6 Å². The van der Waals surface area contributed by atoms with Crippen LogP contribution >= 0.6 is 0 Å². The van der Waals surface area contributed by atoms with Gasteiger partial charge in [-0.15, -0.1) is 0 Å². The van der Waals surface area contributed by atoms with E-state index in [4.69, 9.17) is 56.8 Å². The zero-order chi connectivity index (χ0) is 59.3. The molecule has 3 aliphatic rings. The first-order valence-electron chi connectivity index (χ1n) is 29.4. The van der Waals surface area contributed by atoms with Crippen LogP contribution in [-0.4, -0.2) is 118 Å². The summed E-state index contributed by atoms with van der Waals surface area (Å²) in [7, 11) is 2.97. The van der Waals surface area contributed by atoms with Crippen LogP contribution in [-0.2, 0) is 96.5 Å². The van der Waals surface area contributed by atoms with Crippen LogP contribution in [0.2, 0.25) is 0 Å². The minimum Gasteiger partial charge on any atom is -0.497 e. The first-order valence-corrected chi connectivity index (χ1v) is 29.4. The molecular weight excluding hydrogens is 1090 g/mol. The van der Waals surface area contributed by atoms with E-state index in [2.05, 4.69) is 0 Å². The molecule has 0 bridgehead atoms. The molecule has 0 spiro atoms. The Kier molecular flexibility index (Phi) is 22.8. The first-order chi connectivity index (χ1) is 42.3. The molecule has 3 aliphatic heterocycles. The van der Waals surface area contributed by atoms with Gasteiger partial charge in [-0.2, -0.15) is 0 Å². The van der Waals surface area contributed by atoms with Crippen LogP contribution < -0.4 is 4.74 Å². The average molecular weight is 1170 g/mol. The van der Waals surface area contributed by atoms with Crippen LogP contribution in [0.5, 0.6) is 5.75 Å². The third-order valence-corrected chi connectivity index (χ3v) is 15.4. The summed E-state index contributed by atoms with van der Waals surface area (Å²) in [6.07, 6.45) is -6.89. The van der Waals surface area contributed by atoms with Crippen molar-refractivity contribution in [2.75, 3.05) is 34.0 Å². The number of benzene rings is 7. The number of methoxy groups -OCH3 is 2. The summed E-state index contributed by atoms with van der Waals surface area (Å²) in [6, 6.07) is 62.3. The topological polar surface area (TPSA) is 165 Å². The van der Waals surface area contributed by atoms with Crippen molar-refractivity contribution in [3.63, 3.8) is 0 Å². The van der Waals surface area contributed by atoms with Crippen molar-refractivity contribution in [2.45, 2.75) is 127 Å². The van der Waals surface area contributed by atoms with Gasteiger partial charge in [-0.05, 0) is 70.5 Å². The van der Waals surface area contributed by atoms with E-state index >= 15 is 0 Å². The van der Waals surface area contributed by atoms with Gasteiger partial charge in [0.05, 0.1) is 78.2 Å². The summed E-state index contributed by atoms with van der Waals surface area (Å²) in [4.78, 5) is 42.9. The molecule has 0 N–H and O–H groups in total. The minimum atomic E-state index is -1.28. The monoisotopic (exact) mass is 1170 g/mol. The highest BCUT2D eigenvalue weighted by Crippen LogP contribution is 2.38. The molecule has 10 rings (SSSR count). The maximum absolute atomic E-state index is 14.8. The zero-order valence-corrected chi connectivity index (χ0v) is 48.6. The normalized spacial score (nSPS) is 22.8. The first kappa shape index (κ1) is 61.6. The number of carbonyl (C=O) groups excluding carboxylic acids is 3. The van der Waals surface area contributed by atoms with Gasteiger partial charge in [0.25, 0.3) is 11.8 Å². The van der Waals surface area contributed by atoms with Crippen LogP contribution in [0.3, 0.4) is 0 Å². The van der Waals surface area contributed by atoms with Crippen LogP contribution in [0.25, 0.3) is 0 Å². The molecule has 3 heterocycles. The number of unbranched alkanes of at least 4 members (excludes halogenated alkanes) is 2. The van der Waals surface area contributed by atoms with E-state index in [1.54, 1.807) is 31.4 Å². The fraction of sp³-hybridized carbons (Fsp3) is 0.357. The van der Waals surface area contributed by atoms with Crippen LogP contribution in [0.4, 0.5) is 0 Å². The van der Waals surface area contributed by atoms with Crippen molar-refractivity contribution in [1.82, 2.24) is 4.90 Å². The van der Waals surface area contributed by atoms with Gasteiger partial charge >= 0.3 is 5.97 Å². The second-order valence-electron chi connectivity index (χ2n) is 21.4. The van der Waals surface area contributed by atoms with Crippen molar-refractivity contribution < 1.29 is 71.2 Å². The maximum atomic E-state index is 14.8. The number of carbonyl (C=O) groups is 3. The Morgan fingerprint density at radius 1 is 0.407 bits per heavy atom. The van der Waals surface area contributed by atoms with Crippen molar-refractivity contribution in [2.24, 2.45) is 0 Å². The van der Waals surface area contributed by atoms with Gasteiger partial charge in [0.2, 0.25) is 0 Å². The van der Waals surface area contributed by atoms with Crippen molar-refractivity contribution in [3.05, 3.63) is 245 Å². The van der Waals surface area contributed by atoms with Crippen molar-refractivity contribution in [1.29, 1.82) is 0 Å². The average Bonchev–Trinajstić information content (AvgIpc) is 1.81. The molecule has 7 aromatic carbocycles. The maximum Gasteiger partial charge on any atom is 0.305 e. The Labute approximate surface area is 503 Å². The van der Waals surface area contributed by atoms with Crippen LogP contribution in [0.1, 0.15) is 79.8 Å². The zero-order valence-electron chi connectivity index (χ0n) is 48.6. The number of esters is 1. The molecule has 16 heteroatoms. The van der Waals surface area contributed by atoms with E-state index in [1.165, 1.54) is 12.0 Å². The molecular formula is C70H75NO15. The predicted molar refractivity (Wildman–Crippen MR) is 318 cm³/mol. The van der Waals surface area contributed by atoms with Gasteiger partial charge in [0.15, 0.2) is 12.6 Å². The Balaban J connectivity index is 1.03. The Bertz CT molecular complexity index is 3130. The summed E-state index contributed by atoms with van der Waals surface area (Å²) in [5, 5.41) is 0. The molecule has 0 aromatic heterocycles. The summed E-state index contributed by atoms with van der Waals surface area (Å²) in [5.74, 6) is -0.690. The quantitative estimate of drug-likeness (QED) is 0.0229. The van der Waals surface area contributed by atoms with Crippen molar-refractivity contribution in [3.8, 4) is 5.75 Å². The molecule has 10 atom stereocenters. The van der Waals surface area contributed by atoms with Crippen LogP contribution in [0.15, 0.2) is 200 Å². The van der Waals surface area contributed by atoms with Gasteiger partial charge in [0, 0.05) is 13.0 Å². The van der Waals surface area contributed by atoms with Gasteiger partial charge < -0.3 is 56.8 Å². The molecule has 86 heavy (non-hydrogen) atoms. The minimum absolute atomic E-state index is 0.0552. The molecule has 2 saturated heterocycles. The Morgan fingerprint density at radius 2 is 0.826 bits per heavy atom. The van der Waals surface area contributed by atoms with E-state index in [1.807, 2.05) is 176 Å². The van der Waals surface area contributed by atoms with Gasteiger partial charge in [-0.3, -0.25) is 19.3 Å². The van der Waals surface area contributed by atoms with E-state index < -0.39 is 73.2 Å².